The summed E-state index contributed by atoms with van der Waals surface area (Å²) in [6, 6.07) is 15.1. The van der Waals surface area contributed by atoms with Gasteiger partial charge in [-0.25, -0.2) is 0 Å². The van der Waals surface area contributed by atoms with Crippen molar-refractivity contribution in [3.63, 3.8) is 0 Å². The van der Waals surface area contributed by atoms with Gasteiger partial charge in [0.25, 0.3) is 0 Å². The molecule has 0 aliphatic carbocycles. The molecule has 1 aromatic heterocycles. The molecule has 0 bridgehead atoms. The number of hydrogen-bond acceptors (Lipinski definition) is 2. The van der Waals surface area contributed by atoms with E-state index in [1.165, 1.54) is 0 Å². The van der Waals surface area contributed by atoms with Crippen LogP contribution in [0.5, 0.6) is 5.75 Å². The first-order valence-electron chi connectivity index (χ1n) is 4.98. The lowest BCUT2D eigenvalue weighted by Crippen LogP contribution is -1.70. The van der Waals surface area contributed by atoms with E-state index in [2.05, 4.69) is 10.2 Å². The zero-order valence-electron chi connectivity index (χ0n) is 8.67. The summed E-state index contributed by atoms with van der Waals surface area (Å²) in [6.45, 7) is 0. The summed E-state index contributed by atoms with van der Waals surface area (Å²) in [5.74, 6) is 0.350. The Hall–Kier alpha value is -2.29. The number of phenols is 1. The Bertz CT molecular complexity index is 524. The topological polar surface area (TPSA) is 48.9 Å². The van der Waals surface area contributed by atoms with Crippen LogP contribution in [-0.4, -0.2) is 15.3 Å². The second kappa shape index (κ2) is 4.98. The molecule has 3 rings (SSSR count). The van der Waals surface area contributed by atoms with Gasteiger partial charge in [0.05, 0.1) is 0 Å². The molecule has 0 unspecified atom stereocenters. The van der Waals surface area contributed by atoms with Crippen LogP contribution in [-0.2, 0) is 0 Å². The first-order valence-corrected chi connectivity index (χ1v) is 4.98. The summed E-state index contributed by atoms with van der Waals surface area (Å²) in [6.07, 6.45) is 3.46. The number of fused-ring (bicyclic) bond motifs is 1. The molecule has 1 heterocycles. The molecule has 0 saturated carbocycles. The second-order valence-corrected chi connectivity index (χ2v) is 3.26. The van der Waals surface area contributed by atoms with Crippen LogP contribution in [0.15, 0.2) is 60.9 Å². The molecule has 0 aliphatic rings. The molecule has 3 aromatic rings. The smallest absolute Gasteiger partial charge is 0.123 e. The molecule has 80 valence electrons. The van der Waals surface area contributed by atoms with Crippen LogP contribution in [0.3, 0.4) is 0 Å². The number of hydrogen-bond donors (Lipinski definition) is 2. The summed E-state index contributed by atoms with van der Waals surface area (Å²) >= 11 is 0. The van der Waals surface area contributed by atoms with Crippen molar-refractivity contribution >= 4 is 10.8 Å². The fourth-order valence-electron chi connectivity index (χ4n) is 1.42. The second-order valence-electron chi connectivity index (χ2n) is 3.26. The van der Waals surface area contributed by atoms with Gasteiger partial charge in [-0.2, -0.15) is 5.10 Å². The van der Waals surface area contributed by atoms with E-state index in [9.17, 15) is 5.11 Å². The lowest BCUT2D eigenvalue weighted by Gasteiger charge is -1.97. The molecule has 3 nitrogen and oxygen atoms in total. The van der Waals surface area contributed by atoms with Crippen molar-refractivity contribution in [3.8, 4) is 5.75 Å². The van der Waals surface area contributed by atoms with E-state index in [-0.39, 0.29) is 0 Å². The predicted molar refractivity (Wildman–Crippen MR) is 64.2 cm³/mol. The largest absolute Gasteiger partial charge is 0.507 e. The number of aromatic amines is 1. The Morgan fingerprint density at radius 1 is 0.938 bits per heavy atom. The zero-order valence-corrected chi connectivity index (χ0v) is 8.67. The SMILES string of the molecule is Oc1cccc2ccccc12.c1cn[nH]c1. The maximum Gasteiger partial charge on any atom is 0.123 e. The maximum atomic E-state index is 9.37. The summed E-state index contributed by atoms with van der Waals surface area (Å²) in [7, 11) is 0. The standard InChI is InChI=1S/C10H8O.C3H4N2/c11-10-7-3-5-8-4-1-2-6-9(8)10;1-2-4-5-3-1/h1-7,11H;1-3H,(H,4,5). The molecule has 0 saturated heterocycles. The van der Waals surface area contributed by atoms with Crippen LogP contribution in [0.4, 0.5) is 0 Å². The minimum Gasteiger partial charge on any atom is -0.507 e. The van der Waals surface area contributed by atoms with E-state index in [0.29, 0.717) is 5.75 Å². The van der Waals surface area contributed by atoms with Gasteiger partial charge in [0.2, 0.25) is 0 Å². The lowest BCUT2D eigenvalue weighted by molar-refractivity contribution is 0.481. The third-order valence-corrected chi connectivity index (χ3v) is 2.17. The number of nitrogens with one attached hydrogen (secondary N) is 1. The molecule has 3 heteroatoms. The van der Waals surface area contributed by atoms with E-state index in [1.54, 1.807) is 18.5 Å². The Labute approximate surface area is 93.4 Å². The Balaban J connectivity index is 0.000000162. The summed E-state index contributed by atoms with van der Waals surface area (Å²) in [5, 5.41) is 17.6. The summed E-state index contributed by atoms with van der Waals surface area (Å²) < 4.78 is 0. The molecule has 0 fully saturated rings. The first-order chi connectivity index (χ1) is 7.88. The fraction of sp³-hybridized carbons (Fsp3) is 0. The van der Waals surface area contributed by atoms with E-state index < -0.39 is 0 Å². The highest BCUT2D eigenvalue weighted by Gasteiger charge is 1.94. The average Bonchev–Trinajstić information content (AvgIpc) is 2.88. The molecule has 16 heavy (non-hydrogen) atoms. The van der Waals surface area contributed by atoms with Gasteiger partial charge >= 0.3 is 0 Å². The maximum absolute atomic E-state index is 9.37. The molecule has 2 aromatic carbocycles. The minimum atomic E-state index is 0.350. The molecular formula is C13H12N2O. The summed E-state index contributed by atoms with van der Waals surface area (Å²) in [5.41, 5.74) is 0. The van der Waals surface area contributed by atoms with Crippen LogP contribution in [0.25, 0.3) is 10.8 Å². The molecule has 2 N–H and O–H groups in total. The van der Waals surface area contributed by atoms with Crippen molar-refractivity contribution < 1.29 is 5.11 Å². The normalized spacial score (nSPS) is 9.50. The number of H-pyrrole nitrogens is 1. The van der Waals surface area contributed by atoms with Gasteiger partial charge < -0.3 is 5.11 Å². The van der Waals surface area contributed by atoms with Gasteiger partial charge in [-0.05, 0) is 17.5 Å². The van der Waals surface area contributed by atoms with Gasteiger partial charge in [0, 0.05) is 17.8 Å². The van der Waals surface area contributed by atoms with Crippen LogP contribution < -0.4 is 0 Å². The van der Waals surface area contributed by atoms with Crippen molar-refractivity contribution in [1.29, 1.82) is 0 Å². The number of rotatable bonds is 0. The molecular weight excluding hydrogens is 200 g/mol. The number of benzene rings is 2. The van der Waals surface area contributed by atoms with Crippen LogP contribution in [0, 0.1) is 0 Å². The highest BCUT2D eigenvalue weighted by Crippen LogP contribution is 2.22. The number of nitrogens with zero attached hydrogens (tertiary/aromatic N) is 1. The highest BCUT2D eigenvalue weighted by atomic mass is 16.3. The lowest BCUT2D eigenvalue weighted by atomic mass is 10.1. The molecule has 0 radical (unpaired) electrons. The monoisotopic (exact) mass is 212 g/mol. The Kier molecular flexibility index (Phi) is 3.18. The first kappa shape index (κ1) is 10.2. The Morgan fingerprint density at radius 2 is 1.75 bits per heavy atom. The fourth-order valence-corrected chi connectivity index (χ4v) is 1.42. The minimum absolute atomic E-state index is 0.350. The van der Waals surface area contributed by atoms with Gasteiger partial charge in [0.15, 0.2) is 0 Å². The van der Waals surface area contributed by atoms with Crippen LogP contribution in [0.1, 0.15) is 0 Å². The van der Waals surface area contributed by atoms with Gasteiger partial charge in [0.1, 0.15) is 5.75 Å². The molecule has 0 amide bonds. The third kappa shape index (κ3) is 2.39. The summed E-state index contributed by atoms with van der Waals surface area (Å²) in [4.78, 5) is 0. The molecule has 0 aliphatic heterocycles. The van der Waals surface area contributed by atoms with E-state index in [4.69, 9.17) is 0 Å². The number of aromatic nitrogens is 2. The van der Waals surface area contributed by atoms with Crippen LogP contribution >= 0.6 is 0 Å². The van der Waals surface area contributed by atoms with Crippen molar-refractivity contribution in [1.82, 2.24) is 10.2 Å². The van der Waals surface area contributed by atoms with E-state index in [0.717, 1.165) is 10.8 Å². The molecule has 0 spiro atoms. The quantitative estimate of drug-likeness (QED) is 0.602. The van der Waals surface area contributed by atoms with E-state index >= 15 is 0 Å². The third-order valence-electron chi connectivity index (χ3n) is 2.17. The van der Waals surface area contributed by atoms with Gasteiger partial charge in [-0.3, -0.25) is 5.10 Å². The predicted octanol–water partition coefficient (Wildman–Crippen LogP) is 2.96. The van der Waals surface area contributed by atoms with Crippen molar-refractivity contribution in [3.05, 3.63) is 60.9 Å². The van der Waals surface area contributed by atoms with Gasteiger partial charge in [-0.1, -0.05) is 36.4 Å². The van der Waals surface area contributed by atoms with Crippen molar-refractivity contribution in [2.75, 3.05) is 0 Å². The number of phenolic OH excluding ortho intramolecular Hbond substituents is 1. The average molecular weight is 212 g/mol. The molecule has 0 atom stereocenters. The van der Waals surface area contributed by atoms with Crippen molar-refractivity contribution in [2.45, 2.75) is 0 Å². The van der Waals surface area contributed by atoms with Gasteiger partial charge in [-0.15, -0.1) is 0 Å². The Morgan fingerprint density at radius 3 is 2.38 bits per heavy atom. The van der Waals surface area contributed by atoms with Crippen LogP contribution in [0.2, 0.25) is 0 Å². The van der Waals surface area contributed by atoms with E-state index in [1.807, 2.05) is 42.5 Å². The highest BCUT2D eigenvalue weighted by molar-refractivity contribution is 5.87. The number of aromatic hydroxyl groups is 1. The van der Waals surface area contributed by atoms with Crippen molar-refractivity contribution in [2.24, 2.45) is 0 Å². The zero-order chi connectivity index (χ0) is 11.2.